The lowest BCUT2D eigenvalue weighted by Crippen LogP contribution is -2.28. The summed E-state index contributed by atoms with van der Waals surface area (Å²) in [4.78, 5) is 0. The van der Waals surface area contributed by atoms with Crippen LogP contribution < -0.4 is 4.72 Å². The lowest BCUT2D eigenvalue weighted by Gasteiger charge is -2.13. The van der Waals surface area contributed by atoms with Crippen LogP contribution in [-0.4, -0.2) is 25.4 Å². The predicted octanol–water partition coefficient (Wildman–Crippen LogP) is 1.60. The molecule has 4 nitrogen and oxygen atoms in total. The molecule has 90 valence electrons. The second-order valence-electron chi connectivity index (χ2n) is 3.26. The van der Waals surface area contributed by atoms with E-state index < -0.39 is 27.7 Å². The lowest BCUT2D eigenvalue weighted by atomic mass is 10.3. The Morgan fingerprint density at radius 1 is 1.56 bits per heavy atom. The minimum Gasteiger partial charge on any atom is -0.395 e. The summed E-state index contributed by atoms with van der Waals surface area (Å²) >= 11 is 5.69. The molecular weight excluding hydrogens is 257 g/mol. The molecule has 16 heavy (non-hydrogen) atoms. The van der Waals surface area contributed by atoms with Crippen LogP contribution in [0.3, 0.4) is 0 Å². The monoisotopic (exact) mass is 267 g/mol. The van der Waals surface area contributed by atoms with Gasteiger partial charge in [0.25, 0.3) is 0 Å². The molecular formula is C9H11ClFNO3S. The van der Waals surface area contributed by atoms with E-state index in [4.69, 9.17) is 16.7 Å². The van der Waals surface area contributed by atoms with Crippen molar-refractivity contribution in [1.29, 1.82) is 0 Å². The van der Waals surface area contributed by atoms with Crippen molar-refractivity contribution < 1.29 is 17.9 Å². The van der Waals surface area contributed by atoms with Crippen LogP contribution in [0.2, 0.25) is 5.02 Å². The number of benzene rings is 1. The zero-order valence-electron chi connectivity index (χ0n) is 8.44. The van der Waals surface area contributed by atoms with Crippen LogP contribution in [-0.2, 0) is 10.0 Å². The van der Waals surface area contributed by atoms with Gasteiger partial charge in [-0.3, -0.25) is 4.72 Å². The summed E-state index contributed by atoms with van der Waals surface area (Å²) in [5.74, 6) is -0.598. The van der Waals surface area contributed by atoms with Crippen LogP contribution in [0.4, 0.5) is 10.1 Å². The van der Waals surface area contributed by atoms with Crippen LogP contribution in [0, 0.1) is 5.82 Å². The van der Waals surface area contributed by atoms with Gasteiger partial charge in [-0.2, -0.15) is 0 Å². The fourth-order valence-electron chi connectivity index (χ4n) is 0.928. The molecule has 0 spiro atoms. The molecule has 0 aliphatic heterocycles. The maximum absolute atomic E-state index is 12.9. The minimum atomic E-state index is -3.75. The van der Waals surface area contributed by atoms with Gasteiger partial charge in [-0.1, -0.05) is 11.6 Å². The molecule has 1 aromatic rings. The fraction of sp³-hybridized carbons (Fsp3) is 0.333. The number of nitrogens with one attached hydrogen (secondary N) is 1. The van der Waals surface area contributed by atoms with Crippen LogP contribution in [0.15, 0.2) is 18.2 Å². The molecule has 0 saturated carbocycles. The number of halogens is 2. The molecule has 2 N–H and O–H groups in total. The summed E-state index contributed by atoms with van der Waals surface area (Å²) in [6.07, 6.45) is 0. The fourth-order valence-corrected chi connectivity index (χ4v) is 2.02. The highest BCUT2D eigenvalue weighted by Crippen LogP contribution is 2.24. The first-order chi connectivity index (χ1) is 7.36. The van der Waals surface area contributed by atoms with Crippen molar-refractivity contribution in [3.05, 3.63) is 29.0 Å². The lowest BCUT2D eigenvalue weighted by molar-refractivity contribution is 0.296. The Balaban J connectivity index is 3.01. The van der Waals surface area contributed by atoms with E-state index in [0.29, 0.717) is 0 Å². The molecule has 0 amide bonds. The molecule has 0 bridgehead atoms. The molecule has 0 fully saturated rings. The Kier molecular flexibility index (Phi) is 4.12. The zero-order chi connectivity index (χ0) is 12.3. The quantitative estimate of drug-likeness (QED) is 0.871. The van der Waals surface area contributed by atoms with Crippen molar-refractivity contribution in [1.82, 2.24) is 0 Å². The average molecular weight is 268 g/mol. The molecule has 1 unspecified atom stereocenters. The third-order valence-electron chi connectivity index (χ3n) is 1.97. The molecule has 7 heteroatoms. The van der Waals surface area contributed by atoms with Gasteiger partial charge in [-0.15, -0.1) is 0 Å². The van der Waals surface area contributed by atoms with E-state index in [1.807, 2.05) is 0 Å². The SMILES string of the molecule is CC(CO)S(=O)(=O)Nc1cc(F)ccc1Cl. The number of aliphatic hydroxyl groups is 1. The number of hydrogen-bond acceptors (Lipinski definition) is 3. The smallest absolute Gasteiger partial charge is 0.237 e. The molecule has 1 atom stereocenters. The third-order valence-corrected chi connectivity index (χ3v) is 4.01. The van der Waals surface area contributed by atoms with E-state index in [0.717, 1.165) is 12.1 Å². The van der Waals surface area contributed by atoms with Crippen LogP contribution >= 0.6 is 11.6 Å². The molecule has 0 saturated heterocycles. The highest BCUT2D eigenvalue weighted by Gasteiger charge is 2.20. The van der Waals surface area contributed by atoms with Gasteiger partial charge in [-0.05, 0) is 25.1 Å². The van der Waals surface area contributed by atoms with E-state index >= 15 is 0 Å². The van der Waals surface area contributed by atoms with Crippen molar-refractivity contribution in [2.24, 2.45) is 0 Å². The van der Waals surface area contributed by atoms with E-state index in [2.05, 4.69) is 4.72 Å². The number of rotatable bonds is 4. The molecule has 0 radical (unpaired) electrons. The van der Waals surface area contributed by atoms with Crippen LogP contribution in [0.1, 0.15) is 6.92 Å². The number of hydrogen-bond donors (Lipinski definition) is 2. The summed E-state index contributed by atoms with van der Waals surface area (Å²) in [6.45, 7) is 0.803. The van der Waals surface area contributed by atoms with Gasteiger partial charge < -0.3 is 5.11 Å². The Morgan fingerprint density at radius 2 is 2.19 bits per heavy atom. The van der Waals surface area contributed by atoms with E-state index in [1.165, 1.54) is 13.0 Å². The summed E-state index contributed by atoms with van der Waals surface area (Å²) in [7, 11) is -3.75. The van der Waals surface area contributed by atoms with Gasteiger partial charge in [0.2, 0.25) is 10.0 Å². The van der Waals surface area contributed by atoms with Crippen molar-refractivity contribution in [2.75, 3.05) is 11.3 Å². The van der Waals surface area contributed by atoms with E-state index in [-0.39, 0.29) is 10.7 Å². The molecule has 0 aliphatic carbocycles. The Hall–Kier alpha value is -0.850. The number of sulfonamides is 1. The Morgan fingerprint density at radius 3 is 2.75 bits per heavy atom. The normalized spacial score (nSPS) is 13.5. The highest BCUT2D eigenvalue weighted by atomic mass is 35.5. The molecule has 0 aliphatic rings. The van der Waals surface area contributed by atoms with Crippen molar-refractivity contribution in [3.8, 4) is 0 Å². The van der Waals surface area contributed by atoms with E-state index in [1.54, 1.807) is 0 Å². The first kappa shape index (κ1) is 13.2. The second-order valence-corrected chi connectivity index (χ2v) is 5.77. The summed E-state index contributed by atoms with van der Waals surface area (Å²) in [5, 5.41) is 7.85. The summed E-state index contributed by atoms with van der Waals surface area (Å²) in [6, 6.07) is 3.35. The number of anilines is 1. The maximum atomic E-state index is 12.9. The van der Waals surface area contributed by atoms with Gasteiger partial charge in [0.1, 0.15) is 11.1 Å². The van der Waals surface area contributed by atoms with Crippen molar-refractivity contribution in [3.63, 3.8) is 0 Å². The molecule has 1 rings (SSSR count). The zero-order valence-corrected chi connectivity index (χ0v) is 10.0. The standard InChI is InChI=1S/C9H11ClFNO3S/c1-6(5-13)16(14,15)12-9-4-7(11)2-3-8(9)10/h2-4,6,12-13H,5H2,1H3. The first-order valence-electron chi connectivity index (χ1n) is 4.44. The van der Waals surface area contributed by atoms with Gasteiger partial charge in [0.05, 0.1) is 17.3 Å². The van der Waals surface area contributed by atoms with Crippen molar-refractivity contribution >= 4 is 27.3 Å². The van der Waals surface area contributed by atoms with E-state index in [9.17, 15) is 12.8 Å². The van der Waals surface area contributed by atoms with Crippen molar-refractivity contribution in [2.45, 2.75) is 12.2 Å². The second kappa shape index (κ2) is 4.99. The molecule has 1 aromatic carbocycles. The third kappa shape index (κ3) is 3.07. The highest BCUT2D eigenvalue weighted by molar-refractivity contribution is 7.93. The topological polar surface area (TPSA) is 66.4 Å². The summed E-state index contributed by atoms with van der Waals surface area (Å²) < 4.78 is 38.1. The number of aliphatic hydroxyl groups excluding tert-OH is 1. The minimum absolute atomic E-state index is 0.0398. The van der Waals surface area contributed by atoms with Crippen LogP contribution in [0.5, 0.6) is 0 Å². The summed E-state index contributed by atoms with van der Waals surface area (Å²) in [5.41, 5.74) is -0.0398. The Labute approximate surface area is 98.1 Å². The molecule has 0 heterocycles. The predicted molar refractivity (Wildman–Crippen MR) is 60.5 cm³/mol. The Bertz CT molecular complexity index is 478. The maximum Gasteiger partial charge on any atom is 0.237 e. The largest absolute Gasteiger partial charge is 0.395 e. The van der Waals surface area contributed by atoms with Crippen LogP contribution in [0.25, 0.3) is 0 Å². The molecule has 0 aromatic heterocycles. The van der Waals surface area contributed by atoms with Gasteiger partial charge in [0, 0.05) is 0 Å². The average Bonchev–Trinajstić information content (AvgIpc) is 2.22. The van der Waals surface area contributed by atoms with Gasteiger partial charge in [-0.25, -0.2) is 12.8 Å². The van der Waals surface area contributed by atoms with Gasteiger partial charge >= 0.3 is 0 Å². The van der Waals surface area contributed by atoms with Gasteiger partial charge in [0.15, 0.2) is 0 Å². The first-order valence-corrected chi connectivity index (χ1v) is 6.37.